The minimum Gasteiger partial charge on any atom is -0.379 e. The van der Waals surface area contributed by atoms with Gasteiger partial charge in [0.1, 0.15) is 0 Å². The molecule has 0 saturated heterocycles. The second-order valence-corrected chi connectivity index (χ2v) is 4.77. The van der Waals surface area contributed by atoms with E-state index in [-0.39, 0.29) is 12.1 Å². The minimum absolute atomic E-state index is 0.231. The zero-order valence-electron chi connectivity index (χ0n) is 10.8. The third-order valence-corrected chi connectivity index (χ3v) is 3.44. The molecule has 0 heterocycles. The van der Waals surface area contributed by atoms with Crippen molar-refractivity contribution in [1.29, 1.82) is 0 Å². The Balaban J connectivity index is 2.13. The van der Waals surface area contributed by atoms with E-state index in [1.165, 1.54) is 12.8 Å². The van der Waals surface area contributed by atoms with E-state index in [1.807, 2.05) is 0 Å². The molecule has 0 radical (unpaired) electrons. The van der Waals surface area contributed by atoms with Gasteiger partial charge in [-0.3, -0.25) is 0 Å². The molecule has 0 aromatic heterocycles. The highest BCUT2D eigenvalue weighted by molar-refractivity contribution is 4.82. The average molecular weight is 229 g/mol. The van der Waals surface area contributed by atoms with Gasteiger partial charge >= 0.3 is 0 Å². The minimum atomic E-state index is 0.231. The summed E-state index contributed by atoms with van der Waals surface area (Å²) in [6, 6.07) is 0.231. The van der Waals surface area contributed by atoms with Crippen LogP contribution in [0.2, 0.25) is 0 Å². The Morgan fingerprint density at radius 3 is 2.62 bits per heavy atom. The molecule has 1 rings (SSSR count). The molecule has 3 unspecified atom stereocenters. The molecular weight excluding hydrogens is 202 g/mol. The second kappa shape index (κ2) is 8.04. The van der Waals surface area contributed by atoms with Gasteiger partial charge in [0.05, 0.1) is 19.3 Å². The molecule has 0 spiro atoms. The first-order valence-electron chi connectivity index (χ1n) is 6.72. The van der Waals surface area contributed by atoms with Crippen LogP contribution in [0, 0.1) is 5.92 Å². The van der Waals surface area contributed by atoms with Crippen molar-refractivity contribution in [3.05, 3.63) is 0 Å². The van der Waals surface area contributed by atoms with E-state index in [0.29, 0.717) is 13.2 Å². The molecule has 16 heavy (non-hydrogen) atoms. The van der Waals surface area contributed by atoms with E-state index in [4.69, 9.17) is 15.2 Å². The molecular formula is C13H27NO2. The zero-order valence-corrected chi connectivity index (χ0v) is 10.8. The highest BCUT2D eigenvalue weighted by Crippen LogP contribution is 2.27. The maximum Gasteiger partial charge on any atom is 0.0729 e. The molecule has 3 nitrogen and oxygen atoms in total. The Hall–Kier alpha value is -0.120. The van der Waals surface area contributed by atoms with Crippen LogP contribution >= 0.6 is 0 Å². The highest BCUT2D eigenvalue weighted by Gasteiger charge is 2.27. The van der Waals surface area contributed by atoms with Gasteiger partial charge in [0.2, 0.25) is 0 Å². The van der Waals surface area contributed by atoms with Crippen molar-refractivity contribution in [2.45, 2.75) is 58.1 Å². The van der Waals surface area contributed by atoms with Crippen LogP contribution in [-0.2, 0) is 9.47 Å². The summed E-state index contributed by atoms with van der Waals surface area (Å²) in [6.07, 6.45) is 6.08. The standard InChI is InChI=1S/C13H27NO2/c1-3-7-15-8-9-16-13-10-11(4-2)5-6-12(13)14/h11-13H,3-10,14H2,1-2H3. The Kier molecular flexibility index (Phi) is 7.01. The number of ether oxygens (including phenoxy) is 2. The van der Waals surface area contributed by atoms with Gasteiger partial charge in [0, 0.05) is 12.6 Å². The van der Waals surface area contributed by atoms with Crippen molar-refractivity contribution in [3.8, 4) is 0 Å². The fourth-order valence-electron chi connectivity index (χ4n) is 2.30. The summed E-state index contributed by atoms with van der Waals surface area (Å²) in [5, 5.41) is 0. The second-order valence-electron chi connectivity index (χ2n) is 4.77. The Morgan fingerprint density at radius 2 is 1.94 bits per heavy atom. The summed E-state index contributed by atoms with van der Waals surface area (Å²) in [5.41, 5.74) is 6.07. The van der Waals surface area contributed by atoms with Gasteiger partial charge in [0.25, 0.3) is 0 Å². The monoisotopic (exact) mass is 229 g/mol. The predicted molar refractivity (Wildman–Crippen MR) is 66.5 cm³/mol. The third-order valence-electron chi connectivity index (χ3n) is 3.44. The van der Waals surface area contributed by atoms with Gasteiger partial charge in [-0.15, -0.1) is 0 Å². The normalized spacial score (nSPS) is 30.6. The van der Waals surface area contributed by atoms with Crippen LogP contribution in [0.15, 0.2) is 0 Å². The Labute approximate surface area is 99.7 Å². The van der Waals surface area contributed by atoms with Crippen molar-refractivity contribution in [1.82, 2.24) is 0 Å². The summed E-state index contributed by atoms with van der Waals surface area (Å²) < 4.78 is 11.2. The third kappa shape index (κ3) is 4.81. The van der Waals surface area contributed by atoms with Gasteiger partial charge in [-0.1, -0.05) is 20.3 Å². The Bertz CT molecular complexity index is 175. The van der Waals surface area contributed by atoms with Crippen molar-refractivity contribution in [3.63, 3.8) is 0 Å². The van der Waals surface area contributed by atoms with Crippen molar-refractivity contribution < 1.29 is 9.47 Å². The summed E-state index contributed by atoms with van der Waals surface area (Å²) >= 11 is 0. The van der Waals surface area contributed by atoms with E-state index < -0.39 is 0 Å². The van der Waals surface area contributed by atoms with Crippen LogP contribution in [0.25, 0.3) is 0 Å². The molecule has 0 aromatic rings. The molecule has 0 aliphatic heterocycles. The summed E-state index contributed by atoms with van der Waals surface area (Å²) in [5.74, 6) is 0.807. The largest absolute Gasteiger partial charge is 0.379 e. The zero-order chi connectivity index (χ0) is 11.8. The first-order valence-corrected chi connectivity index (χ1v) is 6.72. The molecule has 0 bridgehead atoms. The fraction of sp³-hybridized carbons (Fsp3) is 1.00. The average Bonchev–Trinajstić information content (AvgIpc) is 2.31. The van der Waals surface area contributed by atoms with Crippen molar-refractivity contribution in [2.24, 2.45) is 11.7 Å². The summed E-state index contributed by atoms with van der Waals surface area (Å²) in [4.78, 5) is 0. The summed E-state index contributed by atoms with van der Waals surface area (Å²) in [7, 11) is 0. The quantitative estimate of drug-likeness (QED) is 0.681. The molecule has 96 valence electrons. The molecule has 1 aliphatic carbocycles. The van der Waals surface area contributed by atoms with Gasteiger partial charge in [0.15, 0.2) is 0 Å². The van der Waals surface area contributed by atoms with Gasteiger partial charge in [-0.2, -0.15) is 0 Å². The topological polar surface area (TPSA) is 44.5 Å². The molecule has 1 aliphatic rings. The van der Waals surface area contributed by atoms with Crippen LogP contribution in [0.1, 0.15) is 46.0 Å². The van der Waals surface area contributed by atoms with E-state index >= 15 is 0 Å². The van der Waals surface area contributed by atoms with Crippen LogP contribution in [-0.4, -0.2) is 32.0 Å². The van der Waals surface area contributed by atoms with Crippen molar-refractivity contribution in [2.75, 3.05) is 19.8 Å². The van der Waals surface area contributed by atoms with Crippen molar-refractivity contribution >= 4 is 0 Å². The lowest BCUT2D eigenvalue weighted by molar-refractivity contribution is -0.0293. The van der Waals surface area contributed by atoms with Crippen LogP contribution in [0.5, 0.6) is 0 Å². The van der Waals surface area contributed by atoms with Crippen LogP contribution in [0.3, 0.4) is 0 Å². The lowest BCUT2D eigenvalue weighted by atomic mass is 9.83. The SMILES string of the molecule is CCCOCCOC1CC(CC)CCC1N. The predicted octanol–water partition coefficient (Wildman–Crippen LogP) is 2.34. The molecule has 1 saturated carbocycles. The molecule has 2 N–H and O–H groups in total. The van der Waals surface area contributed by atoms with Gasteiger partial charge in [-0.25, -0.2) is 0 Å². The van der Waals surface area contributed by atoms with Gasteiger partial charge in [-0.05, 0) is 31.6 Å². The van der Waals surface area contributed by atoms with E-state index in [9.17, 15) is 0 Å². The lowest BCUT2D eigenvalue weighted by Gasteiger charge is -2.33. The fourth-order valence-corrected chi connectivity index (χ4v) is 2.30. The van der Waals surface area contributed by atoms with E-state index in [1.54, 1.807) is 0 Å². The number of rotatable bonds is 7. The molecule has 1 fully saturated rings. The molecule has 3 heteroatoms. The van der Waals surface area contributed by atoms with E-state index in [2.05, 4.69) is 13.8 Å². The lowest BCUT2D eigenvalue weighted by Crippen LogP contribution is -2.42. The van der Waals surface area contributed by atoms with E-state index in [0.717, 1.165) is 31.8 Å². The summed E-state index contributed by atoms with van der Waals surface area (Å²) in [6.45, 7) is 6.59. The highest BCUT2D eigenvalue weighted by atomic mass is 16.5. The van der Waals surface area contributed by atoms with Gasteiger partial charge < -0.3 is 15.2 Å². The Morgan fingerprint density at radius 1 is 1.12 bits per heavy atom. The molecule has 0 amide bonds. The first kappa shape index (κ1) is 13.9. The van der Waals surface area contributed by atoms with Crippen LogP contribution < -0.4 is 5.73 Å². The maximum atomic E-state index is 6.07. The maximum absolute atomic E-state index is 6.07. The smallest absolute Gasteiger partial charge is 0.0729 e. The van der Waals surface area contributed by atoms with Crippen LogP contribution in [0.4, 0.5) is 0 Å². The number of hydrogen-bond acceptors (Lipinski definition) is 3. The molecule has 0 aromatic carbocycles. The number of nitrogens with two attached hydrogens (primary N) is 1. The molecule has 3 atom stereocenters. The first-order chi connectivity index (χ1) is 7.77. The number of hydrogen-bond donors (Lipinski definition) is 1.